The standard InChI is InChI=1S/C14H10F3NO3/c1-21-7-2-3-8(13(19)4-7)14(20)18-12-6-10(16)9(15)5-11(12)17/h2-6,19H,1H3,(H,18,20). The highest BCUT2D eigenvalue weighted by Crippen LogP contribution is 2.25. The van der Waals surface area contributed by atoms with Crippen LogP contribution in [0.3, 0.4) is 0 Å². The van der Waals surface area contributed by atoms with Gasteiger partial charge in [-0.1, -0.05) is 0 Å². The lowest BCUT2D eigenvalue weighted by Crippen LogP contribution is -2.13. The lowest BCUT2D eigenvalue weighted by molar-refractivity contribution is 0.102. The van der Waals surface area contributed by atoms with E-state index in [0.717, 1.165) is 0 Å². The van der Waals surface area contributed by atoms with E-state index in [9.17, 15) is 23.1 Å². The van der Waals surface area contributed by atoms with Gasteiger partial charge in [-0.3, -0.25) is 4.79 Å². The SMILES string of the molecule is COc1ccc(C(=O)Nc2cc(F)c(F)cc2F)c(O)c1. The third-order valence-electron chi connectivity index (χ3n) is 2.71. The number of hydrogen-bond donors (Lipinski definition) is 2. The number of nitrogens with one attached hydrogen (secondary N) is 1. The number of ether oxygens (including phenoxy) is 1. The molecule has 0 aliphatic rings. The van der Waals surface area contributed by atoms with E-state index in [0.29, 0.717) is 17.9 Å². The van der Waals surface area contributed by atoms with Gasteiger partial charge in [0.15, 0.2) is 11.6 Å². The van der Waals surface area contributed by atoms with Gasteiger partial charge in [-0.2, -0.15) is 0 Å². The molecule has 2 N–H and O–H groups in total. The molecule has 0 fully saturated rings. The first-order valence-electron chi connectivity index (χ1n) is 5.75. The number of rotatable bonds is 3. The van der Waals surface area contributed by atoms with E-state index < -0.39 is 34.8 Å². The van der Waals surface area contributed by atoms with E-state index in [2.05, 4.69) is 5.32 Å². The number of carbonyl (C=O) groups is 1. The summed E-state index contributed by atoms with van der Waals surface area (Å²) in [4.78, 5) is 11.9. The fourth-order valence-corrected chi connectivity index (χ4v) is 1.64. The van der Waals surface area contributed by atoms with Crippen molar-refractivity contribution in [3.63, 3.8) is 0 Å². The number of hydrogen-bond acceptors (Lipinski definition) is 3. The van der Waals surface area contributed by atoms with E-state index in [1.165, 1.54) is 25.3 Å². The van der Waals surface area contributed by atoms with Crippen LogP contribution >= 0.6 is 0 Å². The highest BCUT2D eigenvalue weighted by atomic mass is 19.2. The van der Waals surface area contributed by atoms with E-state index in [1.54, 1.807) is 0 Å². The minimum atomic E-state index is -1.36. The van der Waals surface area contributed by atoms with E-state index >= 15 is 0 Å². The minimum absolute atomic E-state index is 0.167. The zero-order valence-electron chi connectivity index (χ0n) is 10.8. The number of phenolic OH excluding ortho intramolecular Hbond substituents is 1. The molecule has 4 nitrogen and oxygen atoms in total. The zero-order chi connectivity index (χ0) is 15.6. The number of anilines is 1. The Labute approximate surface area is 117 Å². The van der Waals surface area contributed by atoms with Gasteiger partial charge < -0.3 is 15.2 Å². The molecule has 110 valence electrons. The Morgan fingerprint density at radius 3 is 2.38 bits per heavy atom. The first kappa shape index (κ1) is 14.7. The van der Waals surface area contributed by atoms with Gasteiger partial charge in [0.25, 0.3) is 5.91 Å². The number of methoxy groups -OCH3 is 1. The quantitative estimate of drug-likeness (QED) is 0.856. The van der Waals surface area contributed by atoms with Crippen molar-refractivity contribution < 1.29 is 27.8 Å². The number of halogens is 3. The van der Waals surface area contributed by atoms with Gasteiger partial charge in [-0.05, 0) is 12.1 Å². The van der Waals surface area contributed by atoms with Crippen LogP contribution in [0.4, 0.5) is 18.9 Å². The molecule has 2 aromatic rings. The van der Waals surface area contributed by atoms with Gasteiger partial charge in [0.1, 0.15) is 17.3 Å². The number of phenols is 1. The Bertz CT molecular complexity index is 704. The molecular weight excluding hydrogens is 287 g/mol. The van der Waals surface area contributed by atoms with Crippen LogP contribution in [-0.4, -0.2) is 18.1 Å². The van der Waals surface area contributed by atoms with Crippen LogP contribution in [0.15, 0.2) is 30.3 Å². The van der Waals surface area contributed by atoms with E-state index in [4.69, 9.17) is 4.74 Å². The Hall–Kier alpha value is -2.70. The molecule has 0 saturated carbocycles. The normalized spacial score (nSPS) is 10.3. The summed E-state index contributed by atoms with van der Waals surface area (Å²) >= 11 is 0. The van der Waals surface area contributed by atoms with E-state index in [1.807, 2.05) is 0 Å². The second-order valence-corrected chi connectivity index (χ2v) is 4.08. The summed E-state index contributed by atoms with van der Waals surface area (Å²) in [5.74, 6) is -4.74. The lowest BCUT2D eigenvalue weighted by atomic mass is 10.1. The topological polar surface area (TPSA) is 58.6 Å². The molecule has 2 rings (SSSR count). The summed E-state index contributed by atoms with van der Waals surface area (Å²) in [7, 11) is 1.38. The van der Waals surface area contributed by atoms with Gasteiger partial charge in [0.2, 0.25) is 0 Å². The molecule has 0 bridgehead atoms. The van der Waals surface area contributed by atoms with Gasteiger partial charge in [-0.15, -0.1) is 0 Å². The lowest BCUT2D eigenvalue weighted by Gasteiger charge is -2.09. The minimum Gasteiger partial charge on any atom is -0.507 e. The van der Waals surface area contributed by atoms with Crippen LogP contribution in [0.5, 0.6) is 11.5 Å². The second kappa shape index (κ2) is 5.74. The van der Waals surface area contributed by atoms with Crippen LogP contribution in [0.25, 0.3) is 0 Å². The van der Waals surface area contributed by atoms with Gasteiger partial charge in [0, 0.05) is 18.2 Å². The Kier molecular flexibility index (Phi) is 4.02. The number of carbonyl (C=O) groups excluding carboxylic acids is 1. The molecule has 0 spiro atoms. The molecule has 0 saturated heterocycles. The summed E-state index contributed by atoms with van der Waals surface area (Å²) in [5, 5.41) is 11.7. The maximum absolute atomic E-state index is 13.4. The third-order valence-corrected chi connectivity index (χ3v) is 2.71. The fourth-order valence-electron chi connectivity index (χ4n) is 1.64. The molecule has 0 unspecified atom stereocenters. The van der Waals surface area contributed by atoms with Crippen molar-refractivity contribution in [2.75, 3.05) is 12.4 Å². The Morgan fingerprint density at radius 1 is 1.10 bits per heavy atom. The molecule has 1 amide bonds. The Morgan fingerprint density at radius 2 is 1.76 bits per heavy atom. The van der Waals surface area contributed by atoms with Crippen molar-refractivity contribution >= 4 is 11.6 Å². The Balaban J connectivity index is 2.28. The summed E-state index contributed by atoms with van der Waals surface area (Å²) in [6.45, 7) is 0. The smallest absolute Gasteiger partial charge is 0.259 e. The highest BCUT2D eigenvalue weighted by Gasteiger charge is 2.16. The van der Waals surface area contributed by atoms with E-state index in [-0.39, 0.29) is 5.56 Å². The average molecular weight is 297 g/mol. The number of amides is 1. The van der Waals surface area contributed by atoms with Crippen molar-refractivity contribution in [1.82, 2.24) is 0 Å². The van der Waals surface area contributed by atoms with Crippen molar-refractivity contribution in [3.8, 4) is 11.5 Å². The van der Waals surface area contributed by atoms with Crippen molar-refractivity contribution in [3.05, 3.63) is 53.3 Å². The molecule has 0 atom stereocenters. The van der Waals surface area contributed by atoms with Crippen LogP contribution in [-0.2, 0) is 0 Å². The van der Waals surface area contributed by atoms with Crippen molar-refractivity contribution in [2.24, 2.45) is 0 Å². The maximum Gasteiger partial charge on any atom is 0.259 e. The summed E-state index contributed by atoms with van der Waals surface area (Å²) in [6.07, 6.45) is 0. The average Bonchev–Trinajstić information content (AvgIpc) is 2.44. The summed E-state index contributed by atoms with van der Waals surface area (Å²) in [6, 6.07) is 4.69. The van der Waals surface area contributed by atoms with Crippen molar-refractivity contribution in [1.29, 1.82) is 0 Å². The molecule has 0 aliphatic carbocycles. The first-order valence-corrected chi connectivity index (χ1v) is 5.75. The first-order chi connectivity index (χ1) is 9.92. The van der Waals surface area contributed by atoms with Crippen LogP contribution < -0.4 is 10.1 Å². The fraction of sp³-hybridized carbons (Fsp3) is 0.0714. The summed E-state index contributed by atoms with van der Waals surface area (Å²) in [5.41, 5.74) is -0.700. The zero-order valence-corrected chi connectivity index (χ0v) is 10.8. The molecule has 21 heavy (non-hydrogen) atoms. The largest absolute Gasteiger partial charge is 0.507 e. The van der Waals surface area contributed by atoms with Crippen LogP contribution in [0, 0.1) is 17.5 Å². The van der Waals surface area contributed by atoms with Gasteiger partial charge in [-0.25, -0.2) is 13.2 Å². The number of aromatic hydroxyl groups is 1. The highest BCUT2D eigenvalue weighted by molar-refractivity contribution is 6.06. The van der Waals surface area contributed by atoms with Gasteiger partial charge in [0.05, 0.1) is 18.4 Å². The molecule has 0 aliphatic heterocycles. The van der Waals surface area contributed by atoms with Gasteiger partial charge >= 0.3 is 0 Å². The predicted octanol–water partition coefficient (Wildman–Crippen LogP) is 3.07. The second-order valence-electron chi connectivity index (χ2n) is 4.08. The number of benzene rings is 2. The predicted molar refractivity (Wildman–Crippen MR) is 68.9 cm³/mol. The maximum atomic E-state index is 13.4. The molecule has 0 aromatic heterocycles. The monoisotopic (exact) mass is 297 g/mol. The molecule has 7 heteroatoms. The van der Waals surface area contributed by atoms with Crippen molar-refractivity contribution in [2.45, 2.75) is 0 Å². The molecule has 0 radical (unpaired) electrons. The molecular formula is C14H10F3NO3. The molecule has 0 heterocycles. The summed E-state index contributed by atoms with van der Waals surface area (Å²) < 4.78 is 44.1. The van der Waals surface area contributed by atoms with Crippen LogP contribution in [0.1, 0.15) is 10.4 Å². The van der Waals surface area contributed by atoms with Crippen LogP contribution in [0.2, 0.25) is 0 Å². The third kappa shape index (κ3) is 3.07. The molecule has 2 aromatic carbocycles.